The van der Waals surface area contributed by atoms with Gasteiger partial charge in [0.25, 0.3) is 0 Å². The minimum Gasteiger partial charge on any atom is -0.329 e. The molecule has 0 heterocycles. The maximum atomic E-state index is 5.45. The van der Waals surface area contributed by atoms with Gasteiger partial charge in [-0.1, -0.05) is 18.2 Å². The molecule has 2 nitrogen and oxygen atoms in total. The number of aryl methyl sites for hydroxylation is 2. The molecule has 0 bridgehead atoms. The van der Waals surface area contributed by atoms with E-state index in [0.717, 1.165) is 6.54 Å². The molecule has 0 fully saturated rings. The molecular weight excluding hydrogens is 172 g/mol. The summed E-state index contributed by atoms with van der Waals surface area (Å²) in [6.45, 7) is 8.01. The van der Waals surface area contributed by atoms with E-state index in [1.807, 2.05) is 0 Å². The zero-order valence-corrected chi connectivity index (χ0v) is 9.30. The lowest BCUT2D eigenvalue weighted by atomic mass is 10.0. The quantitative estimate of drug-likeness (QED) is 0.765. The maximum Gasteiger partial charge on any atom is 0.0292 e. The molecule has 2 heteroatoms. The first kappa shape index (κ1) is 11.2. The van der Waals surface area contributed by atoms with Gasteiger partial charge in [0.1, 0.15) is 0 Å². The molecular formula is C12H20N2. The summed E-state index contributed by atoms with van der Waals surface area (Å²) in [5.74, 6) is 0. The lowest BCUT2D eigenvalue weighted by molar-refractivity contribution is 0.582. The fourth-order valence-corrected chi connectivity index (χ4v) is 1.45. The van der Waals surface area contributed by atoms with Crippen LogP contribution in [0.5, 0.6) is 0 Å². The van der Waals surface area contributed by atoms with Gasteiger partial charge >= 0.3 is 0 Å². The second kappa shape index (κ2) is 5.13. The van der Waals surface area contributed by atoms with Gasteiger partial charge in [0.2, 0.25) is 0 Å². The van der Waals surface area contributed by atoms with E-state index in [1.165, 1.54) is 16.7 Å². The van der Waals surface area contributed by atoms with Crippen LogP contribution in [0.4, 0.5) is 0 Å². The van der Waals surface area contributed by atoms with Crippen LogP contribution in [-0.4, -0.2) is 13.1 Å². The molecule has 1 rings (SSSR count). The molecule has 0 saturated carbocycles. The van der Waals surface area contributed by atoms with E-state index in [1.54, 1.807) is 0 Å². The molecule has 0 aromatic heterocycles. The summed E-state index contributed by atoms with van der Waals surface area (Å²) < 4.78 is 0. The first-order valence-corrected chi connectivity index (χ1v) is 5.15. The van der Waals surface area contributed by atoms with Crippen molar-refractivity contribution >= 4 is 0 Å². The first-order valence-electron chi connectivity index (χ1n) is 5.15. The molecule has 1 aromatic rings. The summed E-state index contributed by atoms with van der Waals surface area (Å²) in [6, 6.07) is 6.98. The van der Waals surface area contributed by atoms with Crippen molar-refractivity contribution in [1.82, 2.24) is 5.32 Å². The van der Waals surface area contributed by atoms with Gasteiger partial charge < -0.3 is 11.1 Å². The summed E-state index contributed by atoms with van der Waals surface area (Å²) in [5, 5.41) is 3.37. The average Bonchev–Trinajstić information content (AvgIpc) is 2.18. The van der Waals surface area contributed by atoms with Crippen LogP contribution < -0.4 is 11.1 Å². The van der Waals surface area contributed by atoms with Gasteiger partial charge in [-0.3, -0.25) is 0 Å². The summed E-state index contributed by atoms with van der Waals surface area (Å²) in [7, 11) is 0. The third kappa shape index (κ3) is 2.82. The summed E-state index contributed by atoms with van der Waals surface area (Å²) in [5.41, 5.74) is 9.48. The summed E-state index contributed by atoms with van der Waals surface area (Å²) >= 11 is 0. The Morgan fingerprint density at radius 2 is 2.00 bits per heavy atom. The number of hydrogen-bond acceptors (Lipinski definition) is 2. The minimum absolute atomic E-state index is 0.387. The van der Waals surface area contributed by atoms with Gasteiger partial charge in [-0.05, 0) is 37.5 Å². The molecule has 0 radical (unpaired) electrons. The molecule has 0 aliphatic carbocycles. The molecule has 78 valence electrons. The number of hydrogen-bond donors (Lipinski definition) is 2. The minimum atomic E-state index is 0.387. The fraction of sp³-hybridized carbons (Fsp3) is 0.500. The lowest BCUT2D eigenvalue weighted by Gasteiger charge is -2.14. The standard InChI is InChI=1S/C12H20N2/c1-9-4-5-12(8-10(9)2)11(3)14-7-6-13/h4-5,8,11,14H,6-7,13H2,1-3H3. The molecule has 0 aliphatic rings. The molecule has 0 saturated heterocycles. The van der Waals surface area contributed by atoms with Crippen molar-refractivity contribution in [2.24, 2.45) is 5.73 Å². The monoisotopic (exact) mass is 192 g/mol. The van der Waals surface area contributed by atoms with Crippen LogP contribution in [0.15, 0.2) is 18.2 Å². The Morgan fingerprint density at radius 3 is 2.57 bits per heavy atom. The highest BCUT2D eigenvalue weighted by Crippen LogP contribution is 2.16. The van der Waals surface area contributed by atoms with Gasteiger partial charge in [0, 0.05) is 19.1 Å². The topological polar surface area (TPSA) is 38.0 Å². The first-order chi connectivity index (χ1) is 6.65. The van der Waals surface area contributed by atoms with E-state index < -0.39 is 0 Å². The second-order valence-corrected chi connectivity index (χ2v) is 3.81. The molecule has 1 unspecified atom stereocenters. The van der Waals surface area contributed by atoms with E-state index >= 15 is 0 Å². The predicted octanol–water partition coefficient (Wildman–Crippen LogP) is 1.91. The average molecular weight is 192 g/mol. The molecule has 1 atom stereocenters. The zero-order chi connectivity index (χ0) is 10.6. The largest absolute Gasteiger partial charge is 0.329 e. The van der Waals surface area contributed by atoms with E-state index in [9.17, 15) is 0 Å². The van der Waals surface area contributed by atoms with Gasteiger partial charge in [-0.2, -0.15) is 0 Å². The second-order valence-electron chi connectivity index (χ2n) is 3.81. The van der Waals surface area contributed by atoms with Gasteiger partial charge in [-0.15, -0.1) is 0 Å². The third-order valence-corrected chi connectivity index (χ3v) is 2.63. The van der Waals surface area contributed by atoms with Crippen molar-refractivity contribution in [2.75, 3.05) is 13.1 Å². The molecule has 3 N–H and O–H groups in total. The number of nitrogens with one attached hydrogen (secondary N) is 1. The van der Waals surface area contributed by atoms with Crippen molar-refractivity contribution in [3.63, 3.8) is 0 Å². The Kier molecular flexibility index (Phi) is 4.11. The highest BCUT2D eigenvalue weighted by atomic mass is 14.9. The Morgan fingerprint density at radius 1 is 1.29 bits per heavy atom. The SMILES string of the molecule is Cc1ccc(C(C)NCCN)cc1C. The third-order valence-electron chi connectivity index (χ3n) is 2.63. The van der Waals surface area contributed by atoms with Crippen LogP contribution in [0.2, 0.25) is 0 Å². The van der Waals surface area contributed by atoms with Crippen molar-refractivity contribution in [2.45, 2.75) is 26.8 Å². The molecule has 0 spiro atoms. The normalized spacial score (nSPS) is 12.9. The number of rotatable bonds is 4. The van der Waals surface area contributed by atoms with E-state index in [2.05, 4.69) is 44.3 Å². The maximum absolute atomic E-state index is 5.45. The zero-order valence-electron chi connectivity index (χ0n) is 9.30. The highest BCUT2D eigenvalue weighted by molar-refractivity contribution is 5.31. The smallest absolute Gasteiger partial charge is 0.0292 e. The van der Waals surface area contributed by atoms with Crippen molar-refractivity contribution in [1.29, 1.82) is 0 Å². The van der Waals surface area contributed by atoms with E-state index in [4.69, 9.17) is 5.73 Å². The Balaban J connectivity index is 2.70. The van der Waals surface area contributed by atoms with Gasteiger partial charge in [-0.25, -0.2) is 0 Å². The highest BCUT2D eigenvalue weighted by Gasteiger charge is 2.04. The van der Waals surface area contributed by atoms with E-state index in [-0.39, 0.29) is 0 Å². The molecule has 1 aromatic carbocycles. The predicted molar refractivity (Wildman–Crippen MR) is 61.4 cm³/mol. The van der Waals surface area contributed by atoms with Crippen molar-refractivity contribution in [3.05, 3.63) is 34.9 Å². The molecule has 14 heavy (non-hydrogen) atoms. The number of benzene rings is 1. The van der Waals surface area contributed by atoms with Crippen LogP contribution in [0.1, 0.15) is 29.7 Å². The van der Waals surface area contributed by atoms with Crippen LogP contribution in [0, 0.1) is 13.8 Å². The Bertz CT molecular complexity index is 294. The van der Waals surface area contributed by atoms with Crippen molar-refractivity contribution < 1.29 is 0 Å². The summed E-state index contributed by atoms with van der Waals surface area (Å²) in [6.07, 6.45) is 0. The van der Waals surface area contributed by atoms with E-state index in [0.29, 0.717) is 12.6 Å². The van der Waals surface area contributed by atoms with Crippen molar-refractivity contribution in [3.8, 4) is 0 Å². The summed E-state index contributed by atoms with van der Waals surface area (Å²) in [4.78, 5) is 0. The van der Waals surface area contributed by atoms with Crippen LogP contribution in [0.25, 0.3) is 0 Å². The lowest BCUT2D eigenvalue weighted by Crippen LogP contribution is -2.25. The van der Waals surface area contributed by atoms with Crippen LogP contribution in [-0.2, 0) is 0 Å². The Labute approximate surface area is 86.5 Å². The van der Waals surface area contributed by atoms with Crippen LogP contribution >= 0.6 is 0 Å². The molecule has 0 aliphatic heterocycles. The fourth-order valence-electron chi connectivity index (χ4n) is 1.45. The molecule has 0 amide bonds. The van der Waals surface area contributed by atoms with Crippen LogP contribution in [0.3, 0.4) is 0 Å². The van der Waals surface area contributed by atoms with Gasteiger partial charge in [0.15, 0.2) is 0 Å². The Hall–Kier alpha value is -0.860. The van der Waals surface area contributed by atoms with Gasteiger partial charge in [0.05, 0.1) is 0 Å². The number of nitrogens with two attached hydrogens (primary N) is 1.